The van der Waals surface area contributed by atoms with Crippen molar-refractivity contribution in [3.63, 3.8) is 0 Å². The molecule has 2 fully saturated rings. The first-order chi connectivity index (χ1) is 30.3. The second kappa shape index (κ2) is 24.1. The Kier molecular flexibility index (Phi) is 19.1. The van der Waals surface area contributed by atoms with Crippen molar-refractivity contribution in [1.29, 1.82) is 0 Å². The predicted molar refractivity (Wildman–Crippen MR) is 234 cm³/mol. The van der Waals surface area contributed by atoms with Gasteiger partial charge in [0.15, 0.2) is 0 Å². The van der Waals surface area contributed by atoms with Crippen molar-refractivity contribution in [2.45, 2.75) is 147 Å². The SMILES string of the molecule is CC(C)CCCCCC1CC(=O)N[C@H](Cc2ccccc2)C(=O)N2C[C@@H](O)C[C@H]2C(=O)N[C@H](C)C(=O)N[C@@H](C(C)C)C(=O)N[C@H](CC(N)=O)C(=O)N[C@@H](Cc2ccc(O)cc2)C(=O)O1. The van der Waals surface area contributed by atoms with Crippen LogP contribution in [0.25, 0.3) is 0 Å². The quantitative estimate of drug-likeness (QED) is 0.104. The Morgan fingerprint density at radius 1 is 0.766 bits per heavy atom. The minimum atomic E-state index is -1.62. The van der Waals surface area contributed by atoms with Gasteiger partial charge in [-0.15, -0.1) is 0 Å². The molecule has 350 valence electrons. The van der Waals surface area contributed by atoms with Gasteiger partial charge in [0.25, 0.3) is 0 Å². The molecule has 2 heterocycles. The van der Waals surface area contributed by atoms with Crippen LogP contribution in [-0.4, -0.2) is 117 Å². The number of carbonyl (C=O) groups is 8. The lowest BCUT2D eigenvalue weighted by atomic mass is 10.0. The number of fused-ring (bicyclic) bond motifs is 1. The highest BCUT2D eigenvalue weighted by Crippen LogP contribution is 2.22. The molecular weight excluding hydrogens is 827 g/mol. The fourth-order valence-corrected chi connectivity index (χ4v) is 7.76. The summed E-state index contributed by atoms with van der Waals surface area (Å²) in [6.45, 7) is 8.60. The fourth-order valence-electron chi connectivity index (χ4n) is 7.76. The van der Waals surface area contributed by atoms with Gasteiger partial charge >= 0.3 is 5.97 Å². The summed E-state index contributed by atoms with van der Waals surface area (Å²) < 4.78 is 6.03. The molecule has 8 atom stereocenters. The Bertz CT molecular complexity index is 1940. The molecule has 0 aromatic heterocycles. The minimum Gasteiger partial charge on any atom is -0.508 e. The summed E-state index contributed by atoms with van der Waals surface area (Å²) in [7, 11) is 0. The van der Waals surface area contributed by atoms with Gasteiger partial charge < -0.3 is 52.2 Å². The summed E-state index contributed by atoms with van der Waals surface area (Å²) >= 11 is 0. The molecule has 0 saturated carbocycles. The molecule has 2 aromatic rings. The van der Waals surface area contributed by atoms with Crippen molar-refractivity contribution < 1.29 is 53.3 Å². The van der Waals surface area contributed by atoms with E-state index in [1.165, 1.54) is 36.1 Å². The maximum Gasteiger partial charge on any atom is 0.329 e. The maximum absolute atomic E-state index is 14.4. The number of hydrogen-bond acceptors (Lipinski definition) is 11. The number of aromatic hydroxyl groups is 1. The third-order valence-corrected chi connectivity index (χ3v) is 11.3. The summed E-state index contributed by atoms with van der Waals surface area (Å²) in [6, 6.07) is 6.66. The van der Waals surface area contributed by atoms with Crippen LogP contribution in [-0.2, 0) is 55.9 Å². The smallest absolute Gasteiger partial charge is 0.329 e. The number of phenols is 1. The predicted octanol–water partition coefficient (Wildman–Crippen LogP) is 1.04. The van der Waals surface area contributed by atoms with Gasteiger partial charge in [-0.1, -0.05) is 89.4 Å². The van der Waals surface area contributed by atoms with Crippen molar-refractivity contribution in [1.82, 2.24) is 31.5 Å². The molecule has 2 saturated heterocycles. The Labute approximate surface area is 374 Å². The molecule has 4 rings (SSSR count). The molecule has 2 aliphatic rings. The molecule has 0 spiro atoms. The highest BCUT2D eigenvalue weighted by molar-refractivity contribution is 5.98. The number of nitrogens with two attached hydrogens (primary N) is 1. The second-order valence-corrected chi connectivity index (χ2v) is 17.6. The Morgan fingerprint density at radius 2 is 1.41 bits per heavy atom. The number of cyclic esters (lactones) is 1. The van der Waals surface area contributed by atoms with Gasteiger partial charge in [-0.2, -0.15) is 0 Å². The van der Waals surface area contributed by atoms with E-state index < -0.39 is 108 Å². The Hall–Kier alpha value is -6.04. The number of ether oxygens (including phenoxy) is 1. The van der Waals surface area contributed by atoms with Gasteiger partial charge in [-0.25, -0.2) is 4.79 Å². The number of amides is 7. The van der Waals surface area contributed by atoms with Crippen LogP contribution in [0.15, 0.2) is 54.6 Å². The molecule has 0 aliphatic carbocycles. The molecule has 18 nitrogen and oxygen atoms in total. The van der Waals surface area contributed by atoms with Crippen LogP contribution in [0.3, 0.4) is 0 Å². The number of rotatable bonds is 13. The molecule has 1 unspecified atom stereocenters. The highest BCUT2D eigenvalue weighted by Gasteiger charge is 2.43. The van der Waals surface area contributed by atoms with Crippen LogP contribution < -0.4 is 32.3 Å². The van der Waals surface area contributed by atoms with Crippen molar-refractivity contribution in [3.8, 4) is 5.75 Å². The topological polar surface area (TPSA) is 276 Å². The third kappa shape index (κ3) is 15.6. The van der Waals surface area contributed by atoms with Gasteiger partial charge in [0.05, 0.1) is 18.9 Å². The van der Waals surface area contributed by atoms with Crippen LogP contribution in [0.5, 0.6) is 5.75 Å². The van der Waals surface area contributed by atoms with Crippen LogP contribution in [0.1, 0.15) is 97.1 Å². The van der Waals surface area contributed by atoms with E-state index in [0.717, 1.165) is 19.3 Å². The largest absolute Gasteiger partial charge is 0.508 e. The van der Waals surface area contributed by atoms with Crippen LogP contribution in [0.2, 0.25) is 0 Å². The zero-order valence-electron chi connectivity index (χ0n) is 37.3. The van der Waals surface area contributed by atoms with Crippen molar-refractivity contribution in [3.05, 3.63) is 65.7 Å². The van der Waals surface area contributed by atoms with Gasteiger partial charge in [-0.05, 0) is 54.9 Å². The molecule has 0 radical (unpaired) electrons. The number of carbonyl (C=O) groups excluding carboxylic acids is 8. The lowest BCUT2D eigenvalue weighted by molar-refractivity contribution is -0.155. The van der Waals surface area contributed by atoms with E-state index in [2.05, 4.69) is 40.4 Å². The number of nitrogens with one attached hydrogen (secondary N) is 5. The zero-order chi connectivity index (χ0) is 47.1. The van der Waals surface area contributed by atoms with E-state index in [-0.39, 0.29) is 44.4 Å². The number of esters is 1. The van der Waals surface area contributed by atoms with Crippen molar-refractivity contribution in [2.24, 2.45) is 17.6 Å². The van der Waals surface area contributed by atoms with Crippen molar-refractivity contribution in [2.75, 3.05) is 6.54 Å². The third-order valence-electron chi connectivity index (χ3n) is 11.3. The standard InChI is InChI=1S/C46H65N7O11/c1-26(2)12-8-6-11-15-33-23-39(57)49-35(20-29-13-9-7-10-14-29)45(62)53-25-32(55)22-37(53)43(60)48-28(5)41(58)52-40(27(3)4)44(61)50-34(24-38(47)56)42(59)51-36(46(63)64-33)21-30-16-18-31(54)19-17-30/h7,9-10,13-14,16-19,26-28,32-37,40,54-55H,6,8,11-12,15,20-25H2,1-5H3,(H2,47,56)(H,48,60)(H,49,57)(H,50,61)(H,51,59)(H,52,58)/t28-,32+,33?,34-,35-,36+,37+,40+/m1/s1. The zero-order valence-corrected chi connectivity index (χ0v) is 37.3. The van der Waals surface area contributed by atoms with Crippen molar-refractivity contribution >= 4 is 47.3 Å². The van der Waals surface area contributed by atoms with Gasteiger partial charge in [0, 0.05) is 25.8 Å². The summed E-state index contributed by atoms with van der Waals surface area (Å²) in [4.78, 5) is 111. The van der Waals surface area contributed by atoms with E-state index >= 15 is 0 Å². The number of aliphatic hydroxyl groups is 1. The normalized spacial score (nSPS) is 25.8. The average Bonchev–Trinajstić information content (AvgIpc) is 3.63. The summed E-state index contributed by atoms with van der Waals surface area (Å²) in [5, 5.41) is 33.7. The van der Waals surface area contributed by atoms with Gasteiger partial charge in [0.2, 0.25) is 41.4 Å². The first-order valence-corrected chi connectivity index (χ1v) is 22.1. The number of aliphatic hydroxyl groups excluding tert-OH is 1. The van der Waals surface area contributed by atoms with E-state index in [1.807, 2.05) is 0 Å². The number of nitrogens with zero attached hydrogens (tertiary/aromatic N) is 1. The Balaban J connectivity index is 1.77. The maximum atomic E-state index is 14.4. The number of unbranched alkanes of at least 4 members (excludes halogenated alkanes) is 2. The molecule has 2 aromatic carbocycles. The molecule has 7 amide bonds. The monoisotopic (exact) mass is 891 g/mol. The molecule has 18 heteroatoms. The lowest BCUT2D eigenvalue weighted by Crippen LogP contribution is -2.60. The molecule has 9 N–H and O–H groups in total. The number of phenolic OH excluding ortho intramolecular Hbond substituents is 1. The van der Waals surface area contributed by atoms with E-state index in [4.69, 9.17) is 10.5 Å². The highest BCUT2D eigenvalue weighted by atomic mass is 16.5. The molecular formula is C46H65N7O11. The minimum absolute atomic E-state index is 0.0106. The van der Waals surface area contributed by atoms with Crippen LogP contribution in [0, 0.1) is 11.8 Å². The first kappa shape index (κ1) is 50.6. The van der Waals surface area contributed by atoms with E-state index in [9.17, 15) is 48.6 Å². The lowest BCUT2D eigenvalue weighted by Gasteiger charge is -2.30. The van der Waals surface area contributed by atoms with Gasteiger partial charge in [0.1, 0.15) is 48.1 Å². The summed E-state index contributed by atoms with van der Waals surface area (Å²) in [5.74, 6) is -6.75. The van der Waals surface area contributed by atoms with E-state index in [0.29, 0.717) is 23.5 Å². The van der Waals surface area contributed by atoms with Crippen LogP contribution >= 0.6 is 0 Å². The van der Waals surface area contributed by atoms with Gasteiger partial charge in [-0.3, -0.25) is 33.6 Å². The van der Waals surface area contributed by atoms with Crippen LogP contribution in [0.4, 0.5) is 0 Å². The first-order valence-electron chi connectivity index (χ1n) is 22.1. The molecule has 2 aliphatic heterocycles. The average molecular weight is 892 g/mol. The summed E-state index contributed by atoms with van der Waals surface area (Å²) in [6.07, 6.45) is -0.0825. The molecule has 0 bridgehead atoms. The molecule has 64 heavy (non-hydrogen) atoms. The second-order valence-electron chi connectivity index (χ2n) is 17.6. The fraction of sp³-hybridized carbons (Fsp3) is 0.565. The Morgan fingerprint density at radius 3 is 2.05 bits per heavy atom. The van der Waals surface area contributed by atoms with E-state index in [1.54, 1.807) is 44.2 Å². The summed E-state index contributed by atoms with van der Waals surface area (Å²) in [5.41, 5.74) is 6.70. The number of hydrogen-bond donors (Lipinski definition) is 8. The number of benzene rings is 2. The number of primary amides is 1.